The number of carbonyl (C=O) groups is 1. The molecule has 1 amide bonds. The highest BCUT2D eigenvalue weighted by atomic mass is 19.4. The number of piperidine rings is 1. The van der Waals surface area contributed by atoms with Crippen molar-refractivity contribution in [3.05, 3.63) is 29.3 Å². The van der Waals surface area contributed by atoms with Crippen molar-refractivity contribution in [3.8, 4) is 6.07 Å². The third-order valence-electron chi connectivity index (χ3n) is 4.72. The quantitative estimate of drug-likeness (QED) is 0.833. The van der Waals surface area contributed by atoms with Gasteiger partial charge in [0, 0.05) is 37.8 Å². The van der Waals surface area contributed by atoms with Gasteiger partial charge in [0.1, 0.15) is 0 Å². The molecule has 0 radical (unpaired) electrons. The Morgan fingerprint density at radius 1 is 1.21 bits per heavy atom. The number of rotatable bonds is 2. The topological polar surface area (TPSA) is 47.3 Å². The first kappa shape index (κ1) is 16.6. The Bertz CT molecular complexity index is 681. The number of nitriles is 1. The van der Waals surface area contributed by atoms with Crippen molar-refractivity contribution in [3.63, 3.8) is 0 Å². The van der Waals surface area contributed by atoms with E-state index < -0.39 is 11.7 Å². The lowest BCUT2D eigenvalue weighted by molar-refractivity contribution is -0.137. The molecule has 2 aliphatic rings. The van der Waals surface area contributed by atoms with Gasteiger partial charge in [-0.15, -0.1) is 0 Å². The number of hydrogen-bond donors (Lipinski definition) is 0. The van der Waals surface area contributed by atoms with Crippen LogP contribution in [-0.4, -0.2) is 36.5 Å². The molecule has 0 unspecified atom stereocenters. The number of alkyl halides is 3. The van der Waals surface area contributed by atoms with Crippen LogP contribution in [-0.2, 0) is 11.0 Å². The molecule has 24 heavy (non-hydrogen) atoms. The fourth-order valence-corrected chi connectivity index (χ4v) is 3.59. The summed E-state index contributed by atoms with van der Waals surface area (Å²) in [6, 6.07) is 5.41. The molecule has 0 aliphatic carbocycles. The number of carbonyl (C=O) groups excluding carboxylic acids is 1. The first-order valence-corrected chi connectivity index (χ1v) is 8.06. The van der Waals surface area contributed by atoms with E-state index >= 15 is 0 Å². The molecule has 7 heteroatoms. The van der Waals surface area contributed by atoms with E-state index in [9.17, 15) is 18.0 Å². The number of nitrogens with zero attached hydrogens (tertiary/aromatic N) is 3. The van der Waals surface area contributed by atoms with E-state index in [1.807, 2.05) is 4.90 Å². The van der Waals surface area contributed by atoms with Crippen LogP contribution in [0.5, 0.6) is 0 Å². The summed E-state index contributed by atoms with van der Waals surface area (Å²) in [7, 11) is 0. The summed E-state index contributed by atoms with van der Waals surface area (Å²) in [6.07, 6.45) is -1.61. The van der Waals surface area contributed by atoms with E-state index in [2.05, 4.69) is 0 Å². The highest BCUT2D eigenvalue weighted by Crippen LogP contribution is 2.38. The van der Waals surface area contributed by atoms with Gasteiger partial charge in [0.05, 0.1) is 17.2 Å². The number of likely N-dealkylation sites (tertiary alicyclic amines) is 1. The highest BCUT2D eigenvalue weighted by Gasteiger charge is 2.37. The van der Waals surface area contributed by atoms with Gasteiger partial charge in [0.15, 0.2) is 0 Å². The van der Waals surface area contributed by atoms with Crippen LogP contribution in [0, 0.1) is 11.3 Å². The summed E-state index contributed by atoms with van der Waals surface area (Å²) in [4.78, 5) is 15.4. The molecule has 0 bridgehead atoms. The minimum absolute atomic E-state index is 0.00523. The maximum atomic E-state index is 13.4. The van der Waals surface area contributed by atoms with Crippen LogP contribution in [0.15, 0.2) is 18.2 Å². The number of benzene rings is 1. The Kier molecular flexibility index (Phi) is 4.39. The van der Waals surface area contributed by atoms with Crippen LogP contribution < -0.4 is 4.90 Å². The fraction of sp³-hybridized carbons (Fsp3) is 0.529. The van der Waals surface area contributed by atoms with Gasteiger partial charge in [0.25, 0.3) is 0 Å². The van der Waals surface area contributed by atoms with Gasteiger partial charge in [-0.1, -0.05) is 0 Å². The Morgan fingerprint density at radius 3 is 2.62 bits per heavy atom. The Balaban J connectivity index is 1.88. The smallest absolute Gasteiger partial charge is 0.369 e. The second-order valence-electron chi connectivity index (χ2n) is 6.27. The first-order chi connectivity index (χ1) is 11.4. The zero-order valence-electron chi connectivity index (χ0n) is 13.1. The van der Waals surface area contributed by atoms with Crippen LogP contribution >= 0.6 is 0 Å². The molecule has 2 fully saturated rings. The molecular formula is C17H18F3N3O. The first-order valence-electron chi connectivity index (χ1n) is 8.06. The number of hydrogen-bond acceptors (Lipinski definition) is 3. The Hall–Kier alpha value is -2.23. The highest BCUT2D eigenvalue weighted by molar-refractivity contribution is 5.78. The molecule has 0 aromatic heterocycles. The van der Waals surface area contributed by atoms with Gasteiger partial charge in [0.2, 0.25) is 5.91 Å². The molecule has 0 spiro atoms. The average Bonchev–Trinajstić information content (AvgIpc) is 2.99. The van der Waals surface area contributed by atoms with Crippen LogP contribution in [0.4, 0.5) is 18.9 Å². The summed E-state index contributed by atoms with van der Waals surface area (Å²) in [6.45, 7) is 1.62. The van der Waals surface area contributed by atoms with E-state index in [1.54, 1.807) is 11.0 Å². The molecule has 128 valence electrons. The standard InChI is InChI=1S/C17H18F3N3O/c18-17(19,20)14-9-12(10-21)5-6-15(14)22-7-1-3-13(11-22)23-8-2-4-16(23)24/h5-6,9,13H,1-4,7-8,11H2/t13-/m0/s1. The molecule has 1 atom stereocenters. The number of amides is 1. The fourth-order valence-electron chi connectivity index (χ4n) is 3.59. The van der Waals surface area contributed by atoms with Gasteiger partial charge < -0.3 is 9.80 Å². The van der Waals surface area contributed by atoms with Crippen molar-refractivity contribution in [2.45, 2.75) is 37.9 Å². The van der Waals surface area contributed by atoms with Gasteiger partial charge in [-0.2, -0.15) is 18.4 Å². The number of halogens is 3. The van der Waals surface area contributed by atoms with Gasteiger partial charge in [-0.25, -0.2) is 0 Å². The van der Waals surface area contributed by atoms with Crippen LogP contribution in [0.2, 0.25) is 0 Å². The van der Waals surface area contributed by atoms with Crippen LogP contribution in [0.1, 0.15) is 36.8 Å². The van der Waals surface area contributed by atoms with Crippen molar-refractivity contribution in [2.24, 2.45) is 0 Å². The zero-order chi connectivity index (χ0) is 17.3. The Labute approximate surface area is 138 Å². The molecule has 0 saturated carbocycles. The normalized spacial score (nSPS) is 21.9. The maximum Gasteiger partial charge on any atom is 0.418 e. The van der Waals surface area contributed by atoms with E-state index in [4.69, 9.17) is 5.26 Å². The molecule has 1 aromatic carbocycles. The second kappa shape index (κ2) is 6.34. The Morgan fingerprint density at radius 2 is 2.00 bits per heavy atom. The van der Waals surface area contributed by atoms with E-state index in [0.717, 1.165) is 25.3 Å². The van der Waals surface area contributed by atoms with Gasteiger partial charge in [-0.3, -0.25) is 4.79 Å². The SMILES string of the molecule is N#Cc1ccc(N2CCC[C@H](N3CCCC3=O)C2)c(C(F)(F)F)c1. The van der Waals surface area contributed by atoms with E-state index in [-0.39, 0.29) is 23.2 Å². The van der Waals surface area contributed by atoms with Gasteiger partial charge in [-0.05, 0) is 37.5 Å². The molecule has 1 aromatic rings. The molecule has 0 N–H and O–H groups in total. The zero-order valence-corrected chi connectivity index (χ0v) is 13.1. The lowest BCUT2D eigenvalue weighted by Gasteiger charge is -2.39. The van der Waals surface area contributed by atoms with Crippen molar-refractivity contribution >= 4 is 11.6 Å². The van der Waals surface area contributed by atoms with Crippen LogP contribution in [0.3, 0.4) is 0 Å². The monoisotopic (exact) mass is 337 g/mol. The van der Waals surface area contributed by atoms with Crippen molar-refractivity contribution in [1.82, 2.24) is 4.90 Å². The molecule has 2 saturated heterocycles. The predicted molar refractivity (Wildman–Crippen MR) is 82.3 cm³/mol. The minimum Gasteiger partial charge on any atom is -0.369 e. The van der Waals surface area contributed by atoms with E-state index in [1.165, 1.54) is 12.1 Å². The maximum absolute atomic E-state index is 13.4. The lowest BCUT2D eigenvalue weighted by atomic mass is 10.0. The van der Waals surface area contributed by atoms with E-state index in [0.29, 0.717) is 26.1 Å². The largest absolute Gasteiger partial charge is 0.418 e. The lowest BCUT2D eigenvalue weighted by Crippen LogP contribution is -2.48. The molecule has 2 aliphatic heterocycles. The van der Waals surface area contributed by atoms with Gasteiger partial charge >= 0.3 is 6.18 Å². The average molecular weight is 337 g/mol. The summed E-state index contributed by atoms with van der Waals surface area (Å²) in [5, 5.41) is 8.87. The summed E-state index contributed by atoms with van der Waals surface area (Å²) < 4.78 is 40.1. The molecule has 4 nitrogen and oxygen atoms in total. The van der Waals surface area contributed by atoms with Crippen molar-refractivity contribution in [1.29, 1.82) is 5.26 Å². The number of anilines is 1. The summed E-state index contributed by atoms with van der Waals surface area (Å²) in [5.41, 5.74) is -0.692. The van der Waals surface area contributed by atoms with Crippen LogP contribution in [0.25, 0.3) is 0 Å². The molecular weight excluding hydrogens is 319 g/mol. The van der Waals surface area contributed by atoms with Crippen molar-refractivity contribution < 1.29 is 18.0 Å². The molecule has 2 heterocycles. The molecule has 3 rings (SSSR count). The van der Waals surface area contributed by atoms with Crippen molar-refractivity contribution in [2.75, 3.05) is 24.5 Å². The second-order valence-corrected chi connectivity index (χ2v) is 6.27. The predicted octanol–water partition coefficient (Wildman–Crippen LogP) is 3.17. The third kappa shape index (κ3) is 3.18. The third-order valence-corrected chi connectivity index (χ3v) is 4.72. The minimum atomic E-state index is -4.52. The summed E-state index contributed by atoms with van der Waals surface area (Å²) in [5.74, 6) is 0.0951. The summed E-state index contributed by atoms with van der Waals surface area (Å²) >= 11 is 0.